The Kier molecular flexibility index (Phi) is 3.90. The van der Waals surface area contributed by atoms with Crippen LogP contribution in [-0.4, -0.2) is 27.7 Å². The van der Waals surface area contributed by atoms with Crippen LogP contribution in [0, 0.1) is 5.82 Å². The van der Waals surface area contributed by atoms with Crippen LogP contribution in [0.15, 0.2) is 30.3 Å². The molecule has 0 spiro atoms. The van der Waals surface area contributed by atoms with Gasteiger partial charge in [0.1, 0.15) is 11.6 Å². The van der Waals surface area contributed by atoms with Gasteiger partial charge in [0.25, 0.3) is 0 Å². The van der Waals surface area contributed by atoms with E-state index in [4.69, 9.17) is 15.8 Å². The van der Waals surface area contributed by atoms with Crippen molar-refractivity contribution in [3.63, 3.8) is 0 Å². The zero-order valence-electron chi connectivity index (χ0n) is 13.4. The average Bonchev–Trinajstić information content (AvgIpc) is 3.21. The highest BCUT2D eigenvalue weighted by Crippen LogP contribution is 2.30. The van der Waals surface area contributed by atoms with E-state index in [1.807, 2.05) is 10.6 Å². The second-order valence-electron chi connectivity index (χ2n) is 6.11. The standard InChI is InChI=1S/C18H20FN5/c19-13-7-5-12(6-8-13)16-11-17-22-15-4-1-3-14(15)18(24(17)23-16)21-10-2-9-20/h5-8,11,21H,1-4,9-10,20H2. The predicted molar refractivity (Wildman–Crippen MR) is 92.6 cm³/mol. The van der Waals surface area contributed by atoms with Gasteiger partial charge in [0.2, 0.25) is 0 Å². The average molecular weight is 325 g/mol. The van der Waals surface area contributed by atoms with Crippen LogP contribution in [0.5, 0.6) is 0 Å². The van der Waals surface area contributed by atoms with Crippen molar-refractivity contribution in [2.75, 3.05) is 18.4 Å². The third kappa shape index (κ3) is 2.63. The number of aryl methyl sites for hydroxylation is 1. The fraction of sp³-hybridized carbons (Fsp3) is 0.333. The minimum Gasteiger partial charge on any atom is -0.370 e. The molecule has 2 aromatic heterocycles. The van der Waals surface area contributed by atoms with E-state index in [0.29, 0.717) is 6.54 Å². The monoisotopic (exact) mass is 325 g/mol. The van der Waals surface area contributed by atoms with Crippen LogP contribution in [0.1, 0.15) is 24.1 Å². The van der Waals surface area contributed by atoms with Crippen molar-refractivity contribution in [3.8, 4) is 11.3 Å². The first-order valence-electron chi connectivity index (χ1n) is 8.37. The van der Waals surface area contributed by atoms with Gasteiger partial charge in [0.15, 0.2) is 5.65 Å². The minimum absolute atomic E-state index is 0.247. The van der Waals surface area contributed by atoms with Crippen molar-refractivity contribution in [1.82, 2.24) is 14.6 Å². The number of rotatable bonds is 5. The van der Waals surface area contributed by atoms with Gasteiger partial charge in [-0.05, 0) is 56.5 Å². The van der Waals surface area contributed by atoms with E-state index in [1.165, 1.54) is 17.7 Å². The van der Waals surface area contributed by atoms with Crippen LogP contribution < -0.4 is 11.1 Å². The van der Waals surface area contributed by atoms with Gasteiger partial charge in [0, 0.05) is 29.4 Å². The third-order valence-electron chi connectivity index (χ3n) is 4.44. The fourth-order valence-corrected chi connectivity index (χ4v) is 3.24. The van der Waals surface area contributed by atoms with Crippen molar-refractivity contribution in [1.29, 1.82) is 0 Å². The number of halogens is 1. The number of nitrogens with two attached hydrogens (primary N) is 1. The molecule has 3 aromatic rings. The van der Waals surface area contributed by atoms with Crippen molar-refractivity contribution in [2.24, 2.45) is 5.73 Å². The fourth-order valence-electron chi connectivity index (χ4n) is 3.24. The van der Waals surface area contributed by atoms with Gasteiger partial charge in [-0.25, -0.2) is 9.37 Å². The SMILES string of the molecule is NCCCNc1c2c(nc3cc(-c4ccc(F)cc4)nn13)CCC2. The molecule has 0 atom stereocenters. The summed E-state index contributed by atoms with van der Waals surface area (Å²) < 4.78 is 15.0. The number of nitrogens with zero attached hydrogens (tertiary/aromatic N) is 3. The smallest absolute Gasteiger partial charge is 0.158 e. The molecule has 0 radical (unpaired) electrons. The van der Waals surface area contributed by atoms with Crippen LogP contribution in [0.2, 0.25) is 0 Å². The molecule has 5 nitrogen and oxygen atoms in total. The van der Waals surface area contributed by atoms with Crippen molar-refractivity contribution < 1.29 is 4.39 Å². The Hall–Kier alpha value is -2.47. The second kappa shape index (κ2) is 6.20. The van der Waals surface area contributed by atoms with E-state index in [0.717, 1.165) is 60.6 Å². The molecule has 0 bridgehead atoms. The molecular formula is C18H20FN5. The van der Waals surface area contributed by atoms with Crippen LogP contribution in [0.3, 0.4) is 0 Å². The maximum Gasteiger partial charge on any atom is 0.158 e. The molecule has 6 heteroatoms. The normalized spacial score (nSPS) is 13.4. The molecule has 0 saturated carbocycles. The van der Waals surface area contributed by atoms with E-state index in [9.17, 15) is 4.39 Å². The number of anilines is 1. The lowest BCUT2D eigenvalue weighted by molar-refractivity contribution is 0.628. The van der Waals surface area contributed by atoms with Gasteiger partial charge in [-0.15, -0.1) is 0 Å². The Bertz CT molecular complexity index is 869. The summed E-state index contributed by atoms with van der Waals surface area (Å²) in [5, 5.41) is 8.19. The zero-order valence-corrected chi connectivity index (χ0v) is 13.4. The van der Waals surface area contributed by atoms with E-state index >= 15 is 0 Å². The maximum atomic E-state index is 13.1. The Balaban J connectivity index is 1.80. The molecule has 1 aliphatic rings. The van der Waals surface area contributed by atoms with Gasteiger partial charge in [-0.3, -0.25) is 0 Å². The summed E-state index contributed by atoms with van der Waals surface area (Å²) in [7, 11) is 0. The van der Waals surface area contributed by atoms with E-state index in [-0.39, 0.29) is 5.82 Å². The van der Waals surface area contributed by atoms with Crippen molar-refractivity contribution >= 4 is 11.5 Å². The van der Waals surface area contributed by atoms with E-state index < -0.39 is 0 Å². The lowest BCUT2D eigenvalue weighted by Gasteiger charge is -2.12. The lowest BCUT2D eigenvalue weighted by atomic mass is 10.1. The molecule has 124 valence electrons. The molecule has 1 aliphatic carbocycles. The predicted octanol–water partition coefficient (Wildman–Crippen LogP) is 2.78. The summed E-state index contributed by atoms with van der Waals surface area (Å²) in [5.41, 5.74) is 10.5. The topological polar surface area (TPSA) is 68.2 Å². The number of nitrogens with one attached hydrogen (secondary N) is 1. The number of hydrogen-bond donors (Lipinski definition) is 2. The molecule has 24 heavy (non-hydrogen) atoms. The Morgan fingerprint density at radius 2 is 2.04 bits per heavy atom. The quantitative estimate of drug-likeness (QED) is 0.708. The third-order valence-corrected chi connectivity index (χ3v) is 4.44. The largest absolute Gasteiger partial charge is 0.370 e. The molecule has 0 amide bonds. The van der Waals surface area contributed by atoms with Gasteiger partial charge in [0.05, 0.1) is 5.69 Å². The lowest BCUT2D eigenvalue weighted by Crippen LogP contribution is -2.14. The van der Waals surface area contributed by atoms with Crippen LogP contribution >= 0.6 is 0 Å². The first-order chi connectivity index (χ1) is 11.8. The summed E-state index contributed by atoms with van der Waals surface area (Å²) >= 11 is 0. The number of fused-ring (bicyclic) bond motifs is 2. The molecule has 0 aliphatic heterocycles. The summed E-state index contributed by atoms with van der Waals surface area (Å²) in [6.45, 7) is 1.47. The second-order valence-corrected chi connectivity index (χ2v) is 6.11. The number of benzene rings is 1. The minimum atomic E-state index is -0.247. The summed E-state index contributed by atoms with van der Waals surface area (Å²) in [4.78, 5) is 4.77. The number of aromatic nitrogens is 3. The van der Waals surface area contributed by atoms with E-state index in [1.54, 1.807) is 12.1 Å². The Morgan fingerprint density at radius 3 is 2.83 bits per heavy atom. The van der Waals surface area contributed by atoms with Gasteiger partial charge in [-0.2, -0.15) is 9.61 Å². The van der Waals surface area contributed by atoms with Gasteiger partial charge >= 0.3 is 0 Å². The molecular weight excluding hydrogens is 305 g/mol. The van der Waals surface area contributed by atoms with Gasteiger partial charge in [-0.1, -0.05) is 0 Å². The van der Waals surface area contributed by atoms with Crippen molar-refractivity contribution in [2.45, 2.75) is 25.7 Å². The molecule has 0 fully saturated rings. The summed E-state index contributed by atoms with van der Waals surface area (Å²) in [6.07, 6.45) is 4.07. The Morgan fingerprint density at radius 1 is 1.21 bits per heavy atom. The molecule has 2 heterocycles. The van der Waals surface area contributed by atoms with Crippen LogP contribution in [0.25, 0.3) is 16.9 Å². The summed E-state index contributed by atoms with van der Waals surface area (Å²) in [5.74, 6) is 0.776. The molecule has 4 rings (SSSR count). The molecule has 1 aromatic carbocycles. The first-order valence-corrected chi connectivity index (χ1v) is 8.37. The van der Waals surface area contributed by atoms with Crippen molar-refractivity contribution in [3.05, 3.63) is 47.4 Å². The van der Waals surface area contributed by atoms with Gasteiger partial charge < -0.3 is 11.1 Å². The Labute approximate surface area is 139 Å². The maximum absolute atomic E-state index is 13.1. The zero-order chi connectivity index (χ0) is 16.5. The first kappa shape index (κ1) is 15.1. The molecule has 0 saturated heterocycles. The van der Waals surface area contributed by atoms with Crippen LogP contribution in [-0.2, 0) is 12.8 Å². The van der Waals surface area contributed by atoms with E-state index in [2.05, 4.69) is 5.32 Å². The van der Waals surface area contributed by atoms with Crippen LogP contribution in [0.4, 0.5) is 10.2 Å². The molecule has 0 unspecified atom stereocenters. The highest BCUT2D eigenvalue weighted by Gasteiger charge is 2.21. The number of hydrogen-bond acceptors (Lipinski definition) is 4. The summed E-state index contributed by atoms with van der Waals surface area (Å²) in [6, 6.07) is 8.35. The highest BCUT2D eigenvalue weighted by molar-refractivity contribution is 5.67. The molecule has 3 N–H and O–H groups in total. The highest BCUT2D eigenvalue weighted by atomic mass is 19.1.